The molecule has 0 fully saturated rings. The molecular weight excluding hydrogens is 294 g/mol. The van der Waals surface area contributed by atoms with Gasteiger partial charge in [-0.3, -0.25) is 0 Å². The molecule has 0 bridgehead atoms. The Kier molecular flexibility index (Phi) is 3.74. The Balaban J connectivity index is 2.32. The lowest BCUT2D eigenvalue weighted by molar-refractivity contribution is 0.601. The van der Waals surface area contributed by atoms with E-state index < -0.39 is 9.84 Å². The number of anilines is 1. The van der Waals surface area contributed by atoms with E-state index in [2.05, 4.69) is 9.97 Å². The summed E-state index contributed by atoms with van der Waals surface area (Å²) in [6, 6.07) is 1.91. The van der Waals surface area contributed by atoms with Crippen molar-refractivity contribution in [2.45, 2.75) is 0 Å². The van der Waals surface area contributed by atoms with E-state index in [1.165, 1.54) is 17.6 Å². The van der Waals surface area contributed by atoms with Crippen molar-refractivity contribution < 1.29 is 8.42 Å². The molecule has 2 heterocycles. The van der Waals surface area contributed by atoms with Crippen molar-refractivity contribution >= 4 is 48.8 Å². The van der Waals surface area contributed by atoms with Crippen molar-refractivity contribution in [3.05, 3.63) is 16.7 Å². The van der Waals surface area contributed by atoms with Gasteiger partial charge in [0.05, 0.1) is 11.1 Å². The van der Waals surface area contributed by atoms with Gasteiger partial charge in [-0.1, -0.05) is 0 Å². The van der Waals surface area contributed by atoms with Crippen LogP contribution in [0, 0.1) is 0 Å². The summed E-state index contributed by atoms with van der Waals surface area (Å²) >= 11 is 7.33. The number of thiophene rings is 1. The zero-order chi connectivity index (χ0) is 13.3. The molecule has 0 aromatic carbocycles. The molecule has 0 aliphatic heterocycles. The summed E-state index contributed by atoms with van der Waals surface area (Å²) < 4.78 is 22.3. The van der Waals surface area contributed by atoms with E-state index in [0.29, 0.717) is 12.4 Å². The van der Waals surface area contributed by atoms with Crippen molar-refractivity contribution in [1.29, 1.82) is 0 Å². The van der Waals surface area contributed by atoms with E-state index in [1.807, 2.05) is 11.4 Å². The minimum atomic E-state index is -2.99. The smallest absolute Gasteiger partial charge is 0.225 e. The lowest BCUT2D eigenvalue weighted by Gasteiger charge is -2.18. The molecule has 0 aliphatic rings. The number of hydrogen-bond acceptors (Lipinski definition) is 6. The maximum absolute atomic E-state index is 11.2. The van der Waals surface area contributed by atoms with Crippen LogP contribution >= 0.6 is 22.9 Å². The van der Waals surface area contributed by atoms with Crippen molar-refractivity contribution in [3.8, 4) is 0 Å². The summed E-state index contributed by atoms with van der Waals surface area (Å²) in [5, 5.41) is 2.97. The average Bonchev–Trinajstić information content (AvgIpc) is 2.71. The molecule has 0 atom stereocenters. The predicted octanol–water partition coefficient (Wildman–Crippen LogP) is 1.83. The summed E-state index contributed by atoms with van der Waals surface area (Å²) in [5.41, 5.74) is 0. The fraction of sp³-hybridized carbons (Fsp3) is 0.400. The number of rotatable bonds is 4. The second-order valence-electron chi connectivity index (χ2n) is 4.01. The highest BCUT2D eigenvalue weighted by atomic mass is 35.5. The molecule has 18 heavy (non-hydrogen) atoms. The van der Waals surface area contributed by atoms with E-state index in [1.54, 1.807) is 11.9 Å². The van der Waals surface area contributed by atoms with E-state index in [-0.39, 0.29) is 11.0 Å². The van der Waals surface area contributed by atoms with Crippen LogP contribution in [0.25, 0.3) is 10.2 Å². The Morgan fingerprint density at radius 1 is 1.44 bits per heavy atom. The third kappa shape index (κ3) is 3.09. The van der Waals surface area contributed by atoms with E-state index in [9.17, 15) is 8.42 Å². The van der Waals surface area contributed by atoms with Crippen molar-refractivity contribution in [2.24, 2.45) is 0 Å². The molecule has 2 aromatic rings. The second kappa shape index (κ2) is 4.99. The summed E-state index contributed by atoms with van der Waals surface area (Å²) in [6.07, 6.45) is 1.22. The van der Waals surface area contributed by atoms with Gasteiger partial charge < -0.3 is 4.90 Å². The van der Waals surface area contributed by atoms with Gasteiger partial charge in [0.2, 0.25) is 5.28 Å². The lowest BCUT2D eigenvalue weighted by Crippen LogP contribution is -2.25. The standard InChI is InChI=1S/C10H12ClN3O2S2/c1-14(4-6-18(2,15)16)8-7-3-5-17-9(7)13-10(11)12-8/h3,5H,4,6H2,1-2H3. The van der Waals surface area contributed by atoms with Gasteiger partial charge in [0.25, 0.3) is 0 Å². The van der Waals surface area contributed by atoms with Crippen molar-refractivity contribution in [3.63, 3.8) is 0 Å². The van der Waals surface area contributed by atoms with Gasteiger partial charge in [-0.2, -0.15) is 4.98 Å². The predicted molar refractivity (Wildman–Crippen MR) is 75.4 cm³/mol. The Morgan fingerprint density at radius 3 is 2.83 bits per heavy atom. The van der Waals surface area contributed by atoms with Gasteiger partial charge in [-0.05, 0) is 23.0 Å². The Labute approximate surface area is 114 Å². The first kappa shape index (κ1) is 13.5. The van der Waals surface area contributed by atoms with Gasteiger partial charge in [-0.25, -0.2) is 13.4 Å². The number of nitrogens with zero attached hydrogens (tertiary/aromatic N) is 3. The summed E-state index contributed by atoms with van der Waals surface area (Å²) in [6.45, 7) is 0.372. The Bertz CT molecular complexity index is 669. The first-order chi connectivity index (χ1) is 8.37. The van der Waals surface area contributed by atoms with E-state index >= 15 is 0 Å². The van der Waals surface area contributed by atoms with E-state index in [0.717, 1.165) is 10.2 Å². The van der Waals surface area contributed by atoms with Crippen LogP contribution in [-0.2, 0) is 9.84 Å². The molecule has 5 nitrogen and oxygen atoms in total. The maximum Gasteiger partial charge on any atom is 0.225 e. The lowest BCUT2D eigenvalue weighted by atomic mass is 10.3. The van der Waals surface area contributed by atoms with E-state index in [4.69, 9.17) is 11.6 Å². The SMILES string of the molecule is CN(CCS(C)(=O)=O)c1nc(Cl)nc2sccc12. The number of halogens is 1. The fourth-order valence-electron chi connectivity index (χ4n) is 1.51. The molecule has 0 saturated heterocycles. The molecule has 0 N–H and O–H groups in total. The summed E-state index contributed by atoms with van der Waals surface area (Å²) in [7, 11) is -1.20. The fourth-order valence-corrected chi connectivity index (χ4v) is 3.09. The zero-order valence-electron chi connectivity index (χ0n) is 9.92. The first-order valence-corrected chi connectivity index (χ1v) is 8.48. The molecule has 0 amide bonds. The molecular formula is C10H12ClN3O2S2. The Hall–Kier alpha value is -0.920. The summed E-state index contributed by atoms with van der Waals surface area (Å²) in [5.74, 6) is 0.742. The van der Waals surface area contributed by atoms with Crippen LogP contribution in [0.3, 0.4) is 0 Å². The number of aromatic nitrogens is 2. The molecule has 2 aromatic heterocycles. The Morgan fingerprint density at radius 2 is 2.17 bits per heavy atom. The molecule has 0 spiro atoms. The van der Waals surface area contributed by atoms with Gasteiger partial charge in [0.1, 0.15) is 20.5 Å². The third-order valence-electron chi connectivity index (χ3n) is 2.44. The highest BCUT2D eigenvalue weighted by Gasteiger charge is 2.13. The van der Waals surface area contributed by atoms with Crippen LogP contribution in [0.15, 0.2) is 11.4 Å². The van der Waals surface area contributed by atoms with Crippen LogP contribution in [0.5, 0.6) is 0 Å². The molecule has 98 valence electrons. The molecule has 0 radical (unpaired) electrons. The van der Waals surface area contributed by atoms with Crippen LogP contribution in [0.2, 0.25) is 5.28 Å². The number of fused-ring (bicyclic) bond motifs is 1. The number of sulfone groups is 1. The number of hydrogen-bond donors (Lipinski definition) is 0. The minimum Gasteiger partial charge on any atom is -0.358 e. The van der Waals surface area contributed by atoms with Gasteiger partial charge in [0, 0.05) is 19.8 Å². The minimum absolute atomic E-state index is 0.0801. The quantitative estimate of drug-likeness (QED) is 0.806. The van der Waals surface area contributed by atoms with Crippen molar-refractivity contribution in [1.82, 2.24) is 9.97 Å². The van der Waals surface area contributed by atoms with Crippen LogP contribution < -0.4 is 4.90 Å². The maximum atomic E-state index is 11.2. The molecule has 8 heteroatoms. The van der Waals surface area contributed by atoms with Crippen molar-refractivity contribution in [2.75, 3.05) is 30.5 Å². The highest BCUT2D eigenvalue weighted by Crippen LogP contribution is 2.28. The third-order valence-corrected chi connectivity index (χ3v) is 4.34. The highest BCUT2D eigenvalue weighted by molar-refractivity contribution is 7.90. The van der Waals surface area contributed by atoms with Gasteiger partial charge in [0.15, 0.2) is 0 Å². The second-order valence-corrected chi connectivity index (χ2v) is 7.50. The molecule has 0 aliphatic carbocycles. The van der Waals surface area contributed by atoms with Gasteiger partial charge in [-0.15, -0.1) is 11.3 Å². The molecule has 2 rings (SSSR count). The monoisotopic (exact) mass is 305 g/mol. The van der Waals surface area contributed by atoms with Crippen LogP contribution in [0.1, 0.15) is 0 Å². The average molecular weight is 306 g/mol. The van der Waals surface area contributed by atoms with Crippen LogP contribution in [0.4, 0.5) is 5.82 Å². The first-order valence-electron chi connectivity index (χ1n) is 5.16. The van der Waals surface area contributed by atoms with Gasteiger partial charge >= 0.3 is 0 Å². The normalized spacial score (nSPS) is 11.9. The largest absolute Gasteiger partial charge is 0.358 e. The van der Waals surface area contributed by atoms with Crippen LogP contribution in [-0.4, -0.2) is 44.0 Å². The topological polar surface area (TPSA) is 63.2 Å². The molecule has 0 unspecified atom stereocenters. The zero-order valence-corrected chi connectivity index (χ0v) is 12.3. The summed E-state index contributed by atoms with van der Waals surface area (Å²) in [4.78, 5) is 10.9. The molecule has 0 saturated carbocycles.